The zero-order valence-corrected chi connectivity index (χ0v) is 15.2. The van der Waals surface area contributed by atoms with Gasteiger partial charge in [-0.05, 0) is 37.4 Å². The van der Waals surface area contributed by atoms with E-state index in [9.17, 15) is 4.79 Å². The van der Waals surface area contributed by atoms with Crippen molar-refractivity contribution in [3.8, 4) is 16.3 Å². The van der Waals surface area contributed by atoms with Gasteiger partial charge in [-0.1, -0.05) is 24.3 Å². The molecule has 6 heteroatoms. The number of hydrogen-bond acceptors (Lipinski definition) is 4. The third-order valence-corrected chi connectivity index (χ3v) is 4.49. The second-order valence-electron chi connectivity index (χ2n) is 6.09. The highest BCUT2D eigenvalue weighted by atomic mass is 32.1. The summed E-state index contributed by atoms with van der Waals surface area (Å²) in [6.45, 7) is 4.79. The fourth-order valence-electron chi connectivity index (χ4n) is 2.56. The maximum Gasteiger partial charge on any atom is 0.234 e. The summed E-state index contributed by atoms with van der Waals surface area (Å²) in [6.07, 6.45) is 2.03. The van der Waals surface area contributed by atoms with Gasteiger partial charge in [0.25, 0.3) is 0 Å². The fourth-order valence-corrected chi connectivity index (χ4v) is 3.30. The van der Waals surface area contributed by atoms with Crippen molar-refractivity contribution in [3.63, 3.8) is 0 Å². The van der Waals surface area contributed by atoms with Crippen LogP contribution >= 0.6 is 11.3 Å². The number of carbonyl (C=O) groups is 1. The van der Waals surface area contributed by atoms with Crippen molar-refractivity contribution < 1.29 is 4.79 Å². The second kappa shape index (κ2) is 8.09. The van der Waals surface area contributed by atoms with E-state index in [1.54, 1.807) is 11.3 Å². The van der Waals surface area contributed by atoms with Gasteiger partial charge in [-0.15, -0.1) is 11.3 Å². The van der Waals surface area contributed by atoms with Crippen LogP contribution in [0.1, 0.15) is 19.4 Å². The summed E-state index contributed by atoms with van der Waals surface area (Å²) in [6, 6.07) is 14.3. The SMILES string of the molecule is CC(C)NC(=O)CNCc1cn(-c2ccccc2)nc1-c1cccs1. The van der Waals surface area contributed by atoms with E-state index in [1.807, 2.05) is 66.5 Å². The molecule has 2 heterocycles. The molecule has 0 spiro atoms. The van der Waals surface area contributed by atoms with Crippen LogP contribution < -0.4 is 10.6 Å². The fraction of sp³-hybridized carbons (Fsp3) is 0.263. The molecule has 130 valence electrons. The minimum absolute atomic E-state index is 0.00289. The van der Waals surface area contributed by atoms with E-state index >= 15 is 0 Å². The lowest BCUT2D eigenvalue weighted by Gasteiger charge is -2.09. The smallest absolute Gasteiger partial charge is 0.234 e. The van der Waals surface area contributed by atoms with Crippen molar-refractivity contribution in [2.24, 2.45) is 0 Å². The number of hydrogen-bond donors (Lipinski definition) is 2. The first-order valence-corrected chi connectivity index (χ1v) is 9.19. The Kier molecular flexibility index (Phi) is 5.63. The van der Waals surface area contributed by atoms with Crippen molar-refractivity contribution in [1.82, 2.24) is 20.4 Å². The molecule has 0 fully saturated rings. The molecule has 1 amide bonds. The Morgan fingerprint density at radius 3 is 2.68 bits per heavy atom. The zero-order chi connectivity index (χ0) is 17.6. The van der Waals surface area contributed by atoms with Crippen LogP contribution in [0.4, 0.5) is 0 Å². The minimum atomic E-state index is 0.00289. The molecule has 3 aromatic rings. The molecular formula is C19H22N4OS. The van der Waals surface area contributed by atoms with E-state index in [4.69, 9.17) is 5.10 Å². The Balaban J connectivity index is 1.77. The third kappa shape index (κ3) is 4.55. The molecule has 0 aliphatic carbocycles. The Hall–Kier alpha value is -2.44. The lowest BCUT2D eigenvalue weighted by molar-refractivity contribution is -0.120. The van der Waals surface area contributed by atoms with Crippen molar-refractivity contribution in [2.75, 3.05) is 6.54 Å². The second-order valence-corrected chi connectivity index (χ2v) is 7.03. The van der Waals surface area contributed by atoms with Gasteiger partial charge in [-0.2, -0.15) is 5.10 Å². The maximum absolute atomic E-state index is 11.8. The molecular weight excluding hydrogens is 332 g/mol. The number of nitrogens with one attached hydrogen (secondary N) is 2. The molecule has 3 rings (SSSR count). The zero-order valence-electron chi connectivity index (χ0n) is 14.4. The monoisotopic (exact) mass is 354 g/mol. The molecule has 5 nitrogen and oxygen atoms in total. The van der Waals surface area contributed by atoms with Gasteiger partial charge < -0.3 is 10.6 Å². The molecule has 0 radical (unpaired) electrons. The first-order chi connectivity index (χ1) is 12.1. The quantitative estimate of drug-likeness (QED) is 0.685. The van der Waals surface area contributed by atoms with Crippen LogP contribution in [-0.2, 0) is 11.3 Å². The van der Waals surface area contributed by atoms with E-state index in [0.29, 0.717) is 13.1 Å². The summed E-state index contributed by atoms with van der Waals surface area (Å²) in [4.78, 5) is 12.9. The molecule has 0 aliphatic rings. The van der Waals surface area contributed by atoms with Gasteiger partial charge in [-0.25, -0.2) is 4.68 Å². The van der Waals surface area contributed by atoms with Gasteiger partial charge in [0.2, 0.25) is 5.91 Å². The van der Waals surface area contributed by atoms with Crippen LogP contribution in [0.2, 0.25) is 0 Å². The number of para-hydroxylation sites is 1. The predicted molar refractivity (Wildman–Crippen MR) is 102 cm³/mol. The van der Waals surface area contributed by atoms with E-state index in [1.165, 1.54) is 0 Å². The number of amides is 1. The number of rotatable bonds is 7. The van der Waals surface area contributed by atoms with Crippen LogP contribution in [0.15, 0.2) is 54.0 Å². The molecule has 0 unspecified atom stereocenters. The lowest BCUT2D eigenvalue weighted by Crippen LogP contribution is -2.37. The Morgan fingerprint density at radius 1 is 1.20 bits per heavy atom. The topological polar surface area (TPSA) is 59.0 Å². The number of nitrogens with zero attached hydrogens (tertiary/aromatic N) is 2. The van der Waals surface area contributed by atoms with Gasteiger partial charge in [0.1, 0.15) is 5.69 Å². The van der Waals surface area contributed by atoms with Crippen LogP contribution in [0, 0.1) is 0 Å². The molecule has 2 N–H and O–H groups in total. The Labute approximate surface area is 151 Å². The molecule has 0 bridgehead atoms. The third-order valence-electron chi connectivity index (χ3n) is 3.62. The van der Waals surface area contributed by atoms with Crippen LogP contribution in [0.3, 0.4) is 0 Å². The molecule has 0 saturated carbocycles. The molecule has 1 aromatic carbocycles. The Bertz CT molecular complexity index is 809. The summed E-state index contributed by atoms with van der Waals surface area (Å²) in [7, 11) is 0. The van der Waals surface area contributed by atoms with E-state index in [-0.39, 0.29) is 11.9 Å². The van der Waals surface area contributed by atoms with Crippen molar-refractivity contribution >= 4 is 17.2 Å². The van der Waals surface area contributed by atoms with Gasteiger partial charge >= 0.3 is 0 Å². The standard InChI is InChI=1S/C19H22N4OS/c1-14(2)21-18(24)12-20-11-15-13-23(16-7-4-3-5-8-16)22-19(15)17-9-6-10-25-17/h3-10,13-14,20H,11-12H2,1-2H3,(H,21,24). The number of thiophene rings is 1. The highest BCUT2D eigenvalue weighted by Gasteiger charge is 2.13. The van der Waals surface area contributed by atoms with Gasteiger partial charge in [0, 0.05) is 24.3 Å². The molecule has 0 atom stereocenters. The predicted octanol–water partition coefficient (Wildman–Crippen LogP) is 3.22. The summed E-state index contributed by atoms with van der Waals surface area (Å²) in [5, 5.41) is 12.9. The average molecular weight is 354 g/mol. The maximum atomic E-state index is 11.8. The number of benzene rings is 1. The number of carbonyl (C=O) groups excluding carboxylic acids is 1. The van der Waals surface area contributed by atoms with Crippen LogP contribution in [0.5, 0.6) is 0 Å². The summed E-state index contributed by atoms with van der Waals surface area (Å²) >= 11 is 1.66. The van der Waals surface area contributed by atoms with Crippen molar-refractivity contribution in [1.29, 1.82) is 0 Å². The van der Waals surface area contributed by atoms with Crippen molar-refractivity contribution in [3.05, 3.63) is 59.6 Å². The first kappa shape index (κ1) is 17.4. The van der Waals surface area contributed by atoms with Crippen LogP contribution in [0.25, 0.3) is 16.3 Å². The molecule has 2 aromatic heterocycles. The summed E-state index contributed by atoms with van der Waals surface area (Å²) in [5.41, 5.74) is 3.04. The highest BCUT2D eigenvalue weighted by molar-refractivity contribution is 7.13. The molecule has 0 aliphatic heterocycles. The summed E-state index contributed by atoms with van der Waals surface area (Å²) < 4.78 is 1.89. The number of aromatic nitrogens is 2. The minimum Gasteiger partial charge on any atom is -0.353 e. The normalized spacial score (nSPS) is 11.0. The van der Waals surface area contributed by atoms with Gasteiger partial charge in [0.05, 0.1) is 17.1 Å². The largest absolute Gasteiger partial charge is 0.353 e. The average Bonchev–Trinajstić information content (AvgIpc) is 3.24. The van der Waals surface area contributed by atoms with Crippen molar-refractivity contribution in [2.45, 2.75) is 26.4 Å². The molecule has 25 heavy (non-hydrogen) atoms. The van der Waals surface area contributed by atoms with Gasteiger partial charge in [0.15, 0.2) is 0 Å². The van der Waals surface area contributed by atoms with Gasteiger partial charge in [-0.3, -0.25) is 4.79 Å². The van der Waals surface area contributed by atoms with E-state index in [0.717, 1.165) is 21.8 Å². The first-order valence-electron chi connectivity index (χ1n) is 8.31. The van der Waals surface area contributed by atoms with E-state index in [2.05, 4.69) is 16.7 Å². The van der Waals surface area contributed by atoms with E-state index < -0.39 is 0 Å². The Morgan fingerprint density at radius 2 is 2.00 bits per heavy atom. The molecule has 0 saturated heterocycles. The summed E-state index contributed by atoms with van der Waals surface area (Å²) in [5.74, 6) is 0.00289. The lowest BCUT2D eigenvalue weighted by atomic mass is 10.2. The van der Waals surface area contributed by atoms with Crippen LogP contribution in [-0.4, -0.2) is 28.3 Å². The highest BCUT2D eigenvalue weighted by Crippen LogP contribution is 2.27.